The van der Waals surface area contributed by atoms with E-state index in [9.17, 15) is 29.6 Å². The van der Waals surface area contributed by atoms with E-state index in [-0.39, 0.29) is 40.5 Å². The van der Waals surface area contributed by atoms with Crippen LogP contribution in [0.1, 0.15) is 25.8 Å². The second-order valence-electron chi connectivity index (χ2n) is 9.72. The summed E-state index contributed by atoms with van der Waals surface area (Å²) < 4.78 is 33.3. The normalized spacial score (nSPS) is 30.7. The third-order valence-corrected chi connectivity index (χ3v) is 9.04. The summed E-state index contributed by atoms with van der Waals surface area (Å²) in [6.07, 6.45) is -6.56. The minimum absolute atomic E-state index is 0.105. The molecule has 4 aromatic heterocycles. The van der Waals surface area contributed by atoms with Gasteiger partial charge in [-0.15, -0.1) is 5.10 Å². The summed E-state index contributed by atoms with van der Waals surface area (Å²) in [4.78, 5) is 41.7. The van der Waals surface area contributed by atoms with Crippen LogP contribution in [0, 0.1) is 0 Å². The van der Waals surface area contributed by atoms with Crippen LogP contribution in [0.3, 0.4) is 0 Å². The van der Waals surface area contributed by atoms with Gasteiger partial charge in [-0.2, -0.15) is 9.67 Å². The van der Waals surface area contributed by atoms with Crippen LogP contribution in [0.2, 0.25) is 0 Å². The first-order chi connectivity index (χ1) is 19.5. The van der Waals surface area contributed by atoms with E-state index in [2.05, 4.69) is 35.2 Å². The molecule has 220 valence electrons. The zero-order valence-corrected chi connectivity index (χ0v) is 22.1. The predicted octanol–water partition coefficient (Wildman–Crippen LogP) is -2.62. The number of H-pyrrole nitrogens is 1. The fourth-order valence-corrected chi connectivity index (χ4v) is 6.90. The van der Waals surface area contributed by atoms with Gasteiger partial charge in [0.25, 0.3) is 5.56 Å². The highest BCUT2D eigenvalue weighted by Gasteiger charge is 2.53. The van der Waals surface area contributed by atoms with E-state index in [1.165, 1.54) is 24.1 Å². The Labute approximate surface area is 228 Å². The highest BCUT2D eigenvalue weighted by atomic mass is 31.2. The Bertz CT molecular complexity index is 1710. The first-order valence-corrected chi connectivity index (χ1v) is 14.0. The van der Waals surface area contributed by atoms with Crippen LogP contribution in [0.4, 0.5) is 11.8 Å². The third kappa shape index (κ3) is 4.53. The molecule has 0 aromatic carbocycles. The molecule has 0 amide bonds. The van der Waals surface area contributed by atoms with Gasteiger partial charge in [0.15, 0.2) is 35.1 Å². The molecular formula is C20H26N11O9P. The van der Waals surface area contributed by atoms with Crippen LogP contribution in [0.15, 0.2) is 17.4 Å². The molecule has 1 unspecified atom stereocenters. The van der Waals surface area contributed by atoms with Gasteiger partial charge in [0.1, 0.15) is 35.8 Å². The molecule has 2 fully saturated rings. The van der Waals surface area contributed by atoms with Crippen LogP contribution >= 0.6 is 7.60 Å². The van der Waals surface area contributed by atoms with Crippen molar-refractivity contribution in [2.24, 2.45) is 0 Å². The number of hydrogen-bond donors (Lipinski definition) is 7. The number of aromatic amines is 1. The molecule has 9 N–H and O–H groups in total. The Morgan fingerprint density at radius 3 is 2.71 bits per heavy atom. The van der Waals surface area contributed by atoms with Crippen LogP contribution in [0.25, 0.3) is 22.3 Å². The lowest BCUT2D eigenvalue weighted by Crippen LogP contribution is -2.39. The lowest BCUT2D eigenvalue weighted by atomic mass is 10.1. The smallest absolute Gasteiger partial charge is 0.336 e. The maximum absolute atomic E-state index is 13.7. The van der Waals surface area contributed by atoms with Gasteiger partial charge in [-0.25, -0.2) is 15.0 Å². The highest BCUT2D eigenvalue weighted by molar-refractivity contribution is 7.53. The van der Waals surface area contributed by atoms with Crippen molar-refractivity contribution in [3.05, 3.63) is 23.0 Å². The number of anilines is 2. The van der Waals surface area contributed by atoms with E-state index < -0.39 is 68.4 Å². The quantitative estimate of drug-likeness (QED) is 0.108. The molecular weight excluding hydrogens is 569 g/mol. The van der Waals surface area contributed by atoms with E-state index >= 15 is 0 Å². The van der Waals surface area contributed by atoms with E-state index in [1.807, 2.05) is 0 Å². The first kappa shape index (κ1) is 27.5. The summed E-state index contributed by atoms with van der Waals surface area (Å²) in [6.45, 7) is 0.898. The Hall–Kier alpha value is -3.62. The number of hydrogen-bond acceptors (Lipinski definition) is 16. The Morgan fingerprint density at radius 1 is 1.17 bits per heavy atom. The van der Waals surface area contributed by atoms with Gasteiger partial charge < -0.3 is 45.7 Å². The topological polar surface area (TPSA) is 298 Å². The van der Waals surface area contributed by atoms with Crippen LogP contribution in [-0.2, 0) is 18.6 Å². The number of nitrogen functional groups attached to an aromatic ring is 2. The monoisotopic (exact) mass is 595 g/mol. The second kappa shape index (κ2) is 10.0. The molecule has 0 spiro atoms. The van der Waals surface area contributed by atoms with Crippen LogP contribution in [0.5, 0.6) is 0 Å². The summed E-state index contributed by atoms with van der Waals surface area (Å²) in [7, 11) is -4.67. The van der Waals surface area contributed by atoms with E-state index in [4.69, 9.17) is 25.5 Å². The molecule has 41 heavy (non-hydrogen) atoms. The number of aliphatic hydroxyl groups excluding tert-OH is 3. The van der Waals surface area contributed by atoms with Crippen molar-refractivity contribution in [3.63, 3.8) is 0 Å². The number of aromatic nitrogens is 9. The molecule has 20 nitrogen and oxygen atoms in total. The number of imidazole rings is 1. The maximum atomic E-state index is 13.7. The predicted molar refractivity (Wildman–Crippen MR) is 136 cm³/mol. The molecule has 4 aromatic rings. The average Bonchev–Trinajstić information content (AvgIpc) is 3.69. The molecule has 0 radical (unpaired) electrons. The molecule has 0 aliphatic carbocycles. The molecule has 6 heterocycles. The van der Waals surface area contributed by atoms with Crippen molar-refractivity contribution in [2.45, 2.75) is 62.0 Å². The molecule has 2 aliphatic heterocycles. The lowest BCUT2D eigenvalue weighted by molar-refractivity contribution is -0.0738. The third-order valence-electron chi connectivity index (χ3n) is 7.10. The van der Waals surface area contributed by atoms with Crippen molar-refractivity contribution in [1.82, 2.24) is 44.5 Å². The number of nitrogens with two attached hydrogens (primary N) is 2. The minimum atomic E-state index is -4.67. The number of aliphatic hydroxyl groups is 3. The number of nitrogens with zero attached hydrogens (tertiary/aromatic N) is 8. The molecule has 2 aliphatic rings. The summed E-state index contributed by atoms with van der Waals surface area (Å²) in [5, 5.41) is 38.9. The molecule has 2 saturated heterocycles. The molecule has 6 rings (SSSR count). The largest absolute Gasteiger partial charge is 0.394 e. The highest BCUT2D eigenvalue weighted by Crippen LogP contribution is 2.58. The van der Waals surface area contributed by atoms with Gasteiger partial charge in [0, 0.05) is 0 Å². The van der Waals surface area contributed by atoms with Gasteiger partial charge in [-0.3, -0.25) is 18.9 Å². The Morgan fingerprint density at radius 2 is 1.95 bits per heavy atom. The van der Waals surface area contributed by atoms with Crippen molar-refractivity contribution >= 4 is 41.7 Å². The number of fused-ring (bicyclic) bond motifs is 2. The number of ether oxygens (including phenoxy) is 2. The van der Waals surface area contributed by atoms with Crippen LogP contribution < -0.4 is 17.0 Å². The van der Waals surface area contributed by atoms with Crippen molar-refractivity contribution < 1.29 is 38.8 Å². The van der Waals surface area contributed by atoms with E-state index in [0.717, 1.165) is 4.68 Å². The maximum Gasteiger partial charge on any atom is 0.336 e. The molecule has 0 saturated carbocycles. The fourth-order valence-electron chi connectivity index (χ4n) is 5.13. The first-order valence-electron chi connectivity index (χ1n) is 12.3. The lowest BCUT2D eigenvalue weighted by Gasteiger charge is -2.28. The van der Waals surface area contributed by atoms with Crippen molar-refractivity contribution in [3.8, 4) is 0 Å². The fraction of sp³-hybridized carbons (Fsp3) is 0.550. The summed E-state index contributed by atoms with van der Waals surface area (Å²) in [5.41, 5.74) is 9.69. The van der Waals surface area contributed by atoms with Gasteiger partial charge in [-0.05, 0) is 13.3 Å². The SMILES string of the molecule is C[C@H](OP(=O)(O)[C@@H]1C[C@@H](CO)O[C@H]1n1nnc2c(=O)[nH]c(N)nc21)[C@@H]1O[C@@H](n2cnc3c(N)ncnc32)[C@H](O)[C@@H]1O. The van der Waals surface area contributed by atoms with Gasteiger partial charge in [0.2, 0.25) is 5.95 Å². The van der Waals surface area contributed by atoms with Gasteiger partial charge in [-0.1, -0.05) is 5.21 Å². The van der Waals surface area contributed by atoms with E-state index in [0.29, 0.717) is 0 Å². The summed E-state index contributed by atoms with van der Waals surface area (Å²) in [5.74, 6) is -0.134. The van der Waals surface area contributed by atoms with Crippen molar-refractivity contribution in [2.75, 3.05) is 18.1 Å². The van der Waals surface area contributed by atoms with Gasteiger partial charge >= 0.3 is 7.60 Å². The molecule has 0 bridgehead atoms. The zero-order chi connectivity index (χ0) is 29.2. The molecule has 9 atom stereocenters. The van der Waals surface area contributed by atoms with Gasteiger partial charge in [0.05, 0.1) is 25.1 Å². The average molecular weight is 595 g/mol. The zero-order valence-electron chi connectivity index (χ0n) is 21.2. The number of rotatable bonds is 7. The van der Waals surface area contributed by atoms with Crippen molar-refractivity contribution in [1.29, 1.82) is 0 Å². The standard InChI is InChI=1S/C20H26N11O9P/c1-6(13-11(33)12(34)19(39-13)30-5-25-9-14(21)23-4-24-15(9)30)40-41(36,37)8-2-7(3-32)38-18(8)31-16-10(28-29-31)17(35)27-20(22)26-16/h4-8,11-13,18-19,32-34H,2-3H2,1H3,(H,36,37)(H2,21,23,24)(H3,22,26,27,35)/t6-,7-,8+,11-,12+,13-,18+,19+/m0/s1. The summed E-state index contributed by atoms with van der Waals surface area (Å²) in [6, 6.07) is 0. The second-order valence-corrected chi connectivity index (χ2v) is 11.7. The van der Waals surface area contributed by atoms with E-state index in [1.54, 1.807) is 0 Å². The molecule has 21 heteroatoms. The Kier molecular flexibility index (Phi) is 6.74. The number of nitrogens with one attached hydrogen (secondary N) is 1. The van der Waals surface area contributed by atoms with Crippen LogP contribution in [-0.4, -0.2) is 107 Å². The summed E-state index contributed by atoms with van der Waals surface area (Å²) >= 11 is 0. The Balaban J connectivity index is 1.26. The minimum Gasteiger partial charge on any atom is -0.394 e.